The normalized spacial score (nSPS) is 31.4. The molecule has 2 heterocycles. The number of nitrogens with zero attached hydrogens (tertiary/aromatic N) is 1. The number of carbonyl (C=O) groups is 2. The zero-order chi connectivity index (χ0) is 15.9. The van der Waals surface area contributed by atoms with Gasteiger partial charge in [0.25, 0.3) is 5.91 Å². The van der Waals surface area contributed by atoms with Crippen molar-refractivity contribution in [3.8, 4) is 0 Å². The molecule has 3 atom stereocenters. The van der Waals surface area contributed by atoms with Crippen molar-refractivity contribution in [2.75, 3.05) is 13.1 Å². The van der Waals surface area contributed by atoms with Crippen molar-refractivity contribution in [3.05, 3.63) is 35.4 Å². The quantitative estimate of drug-likeness (QED) is 0.749. The Morgan fingerprint density at radius 1 is 1.23 bits per heavy atom. The van der Waals surface area contributed by atoms with Crippen molar-refractivity contribution < 1.29 is 14.3 Å². The van der Waals surface area contributed by atoms with Crippen molar-refractivity contribution in [2.24, 2.45) is 11.8 Å². The number of esters is 1. The van der Waals surface area contributed by atoms with E-state index in [1.165, 1.54) is 0 Å². The van der Waals surface area contributed by atoms with E-state index in [-0.39, 0.29) is 5.91 Å². The van der Waals surface area contributed by atoms with Crippen LogP contribution in [0.2, 0.25) is 0 Å². The molecule has 0 aliphatic carbocycles. The van der Waals surface area contributed by atoms with Crippen LogP contribution in [0.1, 0.15) is 43.1 Å². The summed E-state index contributed by atoms with van der Waals surface area (Å²) in [6.07, 6.45) is 1.59. The molecule has 2 aliphatic rings. The van der Waals surface area contributed by atoms with Gasteiger partial charge in [-0.25, -0.2) is 4.79 Å². The molecule has 3 unspecified atom stereocenters. The molecule has 4 nitrogen and oxygen atoms in total. The van der Waals surface area contributed by atoms with Crippen molar-refractivity contribution in [3.63, 3.8) is 0 Å². The Morgan fingerprint density at radius 3 is 2.55 bits per heavy atom. The van der Waals surface area contributed by atoms with Crippen LogP contribution < -0.4 is 0 Å². The van der Waals surface area contributed by atoms with Gasteiger partial charge < -0.3 is 9.64 Å². The number of ether oxygens (including phenoxy) is 1. The number of hydrogen-bond donors (Lipinski definition) is 0. The summed E-state index contributed by atoms with van der Waals surface area (Å²) in [5.74, 6) is 0.523. The fourth-order valence-electron chi connectivity index (χ4n) is 3.82. The van der Waals surface area contributed by atoms with Gasteiger partial charge in [0.1, 0.15) is 0 Å². The van der Waals surface area contributed by atoms with Gasteiger partial charge in [-0.3, -0.25) is 4.79 Å². The maximum atomic E-state index is 13.0. The first-order chi connectivity index (χ1) is 10.4. The summed E-state index contributed by atoms with van der Waals surface area (Å²) in [5.41, 5.74) is 0.392. The van der Waals surface area contributed by atoms with Crippen LogP contribution in [0.15, 0.2) is 24.3 Å². The van der Waals surface area contributed by atoms with Crippen LogP contribution in [-0.2, 0) is 16.0 Å². The lowest BCUT2D eigenvalue weighted by Crippen LogP contribution is -2.56. The molecule has 118 valence electrons. The maximum absolute atomic E-state index is 13.0. The number of piperidine rings is 1. The molecule has 0 aromatic heterocycles. The molecular formula is C18H23NO3. The number of carbonyl (C=O) groups excluding carboxylic acids is 2. The molecule has 1 fully saturated rings. The minimum absolute atomic E-state index is 0.0613. The second-order valence-electron chi connectivity index (χ2n) is 7.11. The highest BCUT2D eigenvalue weighted by molar-refractivity contribution is 5.97. The molecule has 3 rings (SSSR count). The highest BCUT2D eigenvalue weighted by Gasteiger charge is 2.45. The standard InChI is InChI=1S/C18H23NO3/c1-12-8-13(2)11-19(10-12)17(21)18(3)9-14-6-4-5-7-15(14)16(20)22-18/h4-7,12-13H,8-11H2,1-3H3. The number of likely N-dealkylation sites (tertiary alicyclic amines) is 1. The minimum Gasteiger partial charge on any atom is -0.445 e. The number of amides is 1. The fraction of sp³-hybridized carbons (Fsp3) is 0.556. The molecule has 1 amide bonds. The summed E-state index contributed by atoms with van der Waals surface area (Å²) in [5, 5.41) is 0. The Kier molecular flexibility index (Phi) is 3.71. The molecule has 0 saturated carbocycles. The van der Waals surface area contributed by atoms with E-state index in [4.69, 9.17) is 4.74 Å². The average molecular weight is 301 g/mol. The first kappa shape index (κ1) is 15.1. The van der Waals surface area contributed by atoms with Crippen LogP contribution in [0.25, 0.3) is 0 Å². The Balaban J connectivity index is 1.85. The van der Waals surface area contributed by atoms with Gasteiger partial charge in [0.2, 0.25) is 0 Å². The van der Waals surface area contributed by atoms with Crippen LogP contribution in [-0.4, -0.2) is 35.5 Å². The van der Waals surface area contributed by atoms with E-state index in [1.54, 1.807) is 13.0 Å². The third-order valence-electron chi connectivity index (χ3n) is 4.69. The van der Waals surface area contributed by atoms with Crippen LogP contribution in [0.3, 0.4) is 0 Å². The summed E-state index contributed by atoms with van der Waals surface area (Å²) in [7, 11) is 0. The fourth-order valence-corrected chi connectivity index (χ4v) is 3.82. The van der Waals surface area contributed by atoms with Crippen LogP contribution >= 0.6 is 0 Å². The molecule has 1 aromatic rings. The topological polar surface area (TPSA) is 46.6 Å². The van der Waals surface area contributed by atoms with Gasteiger partial charge in [-0.2, -0.15) is 0 Å². The largest absolute Gasteiger partial charge is 0.445 e. The van der Waals surface area contributed by atoms with E-state index in [2.05, 4.69) is 13.8 Å². The number of hydrogen-bond acceptors (Lipinski definition) is 3. The van der Waals surface area contributed by atoms with E-state index >= 15 is 0 Å². The third kappa shape index (κ3) is 2.62. The summed E-state index contributed by atoms with van der Waals surface area (Å²) >= 11 is 0. The van der Waals surface area contributed by atoms with E-state index in [0.717, 1.165) is 25.1 Å². The lowest BCUT2D eigenvalue weighted by atomic mass is 9.86. The van der Waals surface area contributed by atoms with Gasteiger partial charge in [-0.1, -0.05) is 32.0 Å². The summed E-state index contributed by atoms with van der Waals surface area (Å²) in [6, 6.07) is 7.38. The van der Waals surface area contributed by atoms with Crippen molar-refractivity contribution in [1.29, 1.82) is 0 Å². The molecule has 2 aliphatic heterocycles. The van der Waals surface area contributed by atoms with Gasteiger partial charge in [0.15, 0.2) is 5.60 Å². The second kappa shape index (κ2) is 5.41. The molecule has 22 heavy (non-hydrogen) atoms. The van der Waals surface area contributed by atoms with Crippen LogP contribution in [0, 0.1) is 11.8 Å². The highest BCUT2D eigenvalue weighted by Crippen LogP contribution is 2.31. The number of fused-ring (bicyclic) bond motifs is 1. The molecule has 4 heteroatoms. The van der Waals surface area contributed by atoms with Crippen LogP contribution in [0.4, 0.5) is 0 Å². The van der Waals surface area contributed by atoms with Gasteiger partial charge in [0.05, 0.1) is 5.56 Å². The van der Waals surface area contributed by atoms with Gasteiger partial charge in [0, 0.05) is 19.5 Å². The lowest BCUT2D eigenvalue weighted by Gasteiger charge is -2.41. The summed E-state index contributed by atoms with van der Waals surface area (Å²) < 4.78 is 5.56. The molecule has 0 bridgehead atoms. The first-order valence-corrected chi connectivity index (χ1v) is 7.99. The number of benzene rings is 1. The smallest absolute Gasteiger partial charge is 0.339 e. The van der Waals surface area contributed by atoms with E-state index < -0.39 is 11.6 Å². The minimum atomic E-state index is -1.08. The molecule has 0 N–H and O–H groups in total. The predicted octanol–water partition coefficient (Wildman–Crippen LogP) is 2.66. The SMILES string of the molecule is CC1CC(C)CN(C(=O)C2(C)Cc3ccccc3C(=O)O2)C1. The zero-order valence-corrected chi connectivity index (χ0v) is 13.5. The van der Waals surface area contributed by atoms with E-state index in [0.29, 0.717) is 23.8 Å². The molecular weight excluding hydrogens is 278 g/mol. The maximum Gasteiger partial charge on any atom is 0.339 e. The lowest BCUT2D eigenvalue weighted by molar-refractivity contribution is -0.153. The monoisotopic (exact) mass is 301 g/mol. The Bertz CT molecular complexity index is 602. The van der Waals surface area contributed by atoms with Gasteiger partial charge in [-0.05, 0) is 36.8 Å². The molecule has 0 radical (unpaired) electrons. The molecule has 1 aromatic carbocycles. The second-order valence-corrected chi connectivity index (χ2v) is 7.11. The van der Waals surface area contributed by atoms with E-state index in [9.17, 15) is 9.59 Å². The molecule has 0 spiro atoms. The van der Waals surface area contributed by atoms with Crippen molar-refractivity contribution in [1.82, 2.24) is 4.90 Å². The number of cyclic esters (lactones) is 1. The highest BCUT2D eigenvalue weighted by atomic mass is 16.6. The molecule has 1 saturated heterocycles. The first-order valence-electron chi connectivity index (χ1n) is 7.99. The van der Waals surface area contributed by atoms with Gasteiger partial charge >= 0.3 is 5.97 Å². The Morgan fingerprint density at radius 2 is 1.86 bits per heavy atom. The zero-order valence-electron chi connectivity index (χ0n) is 13.5. The van der Waals surface area contributed by atoms with E-state index in [1.807, 2.05) is 23.1 Å². The Labute approximate surface area is 131 Å². The van der Waals surface area contributed by atoms with Gasteiger partial charge in [-0.15, -0.1) is 0 Å². The summed E-state index contributed by atoms with van der Waals surface area (Å²) in [4.78, 5) is 27.1. The predicted molar refractivity (Wildman–Crippen MR) is 83.5 cm³/mol. The van der Waals surface area contributed by atoms with Crippen molar-refractivity contribution >= 4 is 11.9 Å². The third-order valence-corrected chi connectivity index (χ3v) is 4.69. The summed E-state index contributed by atoms with van der Waals surface area (Å²) in [6.45, 7) is 7.57. The Hall–Kier alpha value is -1.84. The van der Waals surface area contributed by atoms with Crippen LogP contribution in [0.5, 0.6) is 0 Å². The average Bonchev–Trinajstić information content (AvgIpc) is 2.45. The number of rotatable bonds is 1. The van der Waals surface area contributed by atoms with Crippen molar-refractivity contribution in [2.45, 2.75) is 39.2 Å².